The van der Waals surface area contributed by atoms with Crippen molar-refractivity contribution in [1.29, 1.82) is 0 Å². The van der Waals surface area contributed by atoms with Crippen molar-refractivity contribution in [3.8, 4) is 0 Å². The zero-order chi connectivity index (χ0) is 22.3. The van der Waals surface area contributed by atoms with Crippen molar-refractivity contribution >= 4 is 7.82 Å². The first-order chi connectivity index (χ1) is 13.6. The van der Waals surface area contributed by atoms with Gasteiger partial charge in [-0.1, -0.05) is 61.9 Å². The van der Waals surface area contributed by atoms with Crippen LogP contribution < -0.4 is 5.73 Å². The highest BCUT2D eigenvalue weighted by molar-refractivity contribution is 7.46. The highest BCUT2D eigenvalue weighted by Gasteiger charge is 2.24. The first kappa shape index (κ1) is 27.8. The predicted molar refractivity (Wildman–Crippen MR) is 123 cm³/mol. The van der Waals surface area contributed by atoms with Crippen LogP contribution in [0.3, 0.4) is 0 Å². The van der Waals surface area contributed by atoms with Crippen molar-refractivity contribution in [2.75, 3.05) is 6.61 Å². The molecule has 0 amide bonds. The summed E-state index contributed by atoms with van der Waals surface area (Å²) in [6.45, 7) is 9.70. The van der Waals surface area contributed by atoms with Crippen LogP contribution in [0.15, 0.2) is 48.1 Å². The largest absolute Gasteiger partial charge is 0.469 e. The summed E-state index contributed by atoms with van der Waals surface area (Å²) in [6.07, 6.45) is 12.3. The third-order valence-corrected chi connectivity index (χ3v) is 4.97. The van der Waals surface area contributed by atoms with Gasteiger partial charge in [0, 0.05) is 5.54 Å². The molecule has 29 heavy (non-hydrogen) atoms. The molecule has 0 saturated heterocycles. The first-order valence-electron chi connectivity index (χ1n) is 10.5. The predicted octanol–water partition coefficient (Wildman–Crippen LogP) is 5.71. The average molecular weight is 426 g/mol. The Labute approximate surface area is 177 Å². The number of aryl methyl sites for hydroxylation is 2. The van der Waals surface area contributed by atoms with Crippen LogP contribution >= 0.6 is 7.82 Å². The SMILES string of the molecule is C/C=C\C(=C/C)CCCCc1ccc(CCC(C)(N)COP(=O)(O)O)cc1.CC. The number of phosphoric ester groups is 1. The lowest BCUT2D eigenvalue weighted by atomic mass is 9.94. The molecule has 0 aliphatic heterocycles. The molecule has 0 aliphatic carbocycles. The van der Waals surface area contributed by atoms with Crippen LogP contribution in [0.5, 0.6) is 0 Å². The van der Waals surface area contributed by atoms with E-state index in [1.165, 1.54) is 17.6 Å². The van der Waals surface area contributed by atoms with Crippen LogP contribution in [0.4, 0.5) is 0 Å². The summed E-state index contributed by atoms with van der Waals surface area (Å²) in [5, 5.41) is 0. The molecule has 4 N–H and O–H groups in total. The van der Waals surface area contributed by atoms with Gasteiger partial charge in [0.05, 0.1) is 6.61 Å². The minimum atomic E-state index is -4.48. The Balaban J connectivity index is 0.00000379. The van der Waals surface area contributed by atoms with Crippen molar-refractivity contribution < 1.29 is 18.9 Å². The maximum absolute atomic E-state index is 10.8. The third-order valence-electron chi connectivity index (χ3n) is 4.50. The van der Waals surface area contributed by atoms with Gasteiger partial charge in [-0.3, -0.25) is 4.52 Å². The Bertz CT molecular complexity index is 660. The molecule has 0 aliphatic rings. The second kappa shape index (κ2) is 14.7. The smallest absolute Gasteiger partial charge is 0.323 e. The number of allylic oxidation sites excluding steroid dienone is 4. The molecule has 0 saturated carbocycles. The van der Waals surface area contributed by atoms with Gasteiger partial charge in [0.1, 0.15) is 0 Å². The lowest BCUT2D eigenvalue weighted by Gasteiger charge is -2.24. The Morgan fingerprint density at radius 2 is 1.66 bits per heavy atom. The minimum Gasteiger partial charge on any atom is -0.323 e. The van der Waals surface area contributed by atoms with Crippen molar-refractivity contribution in [1.82, 2.24) is 0 Å². The van der Waals surface area contributed by atoms with E-state index in [1.54, 1.807) is 6.92 Å². The standard InChI is InChI=1S/C21H34NO4P.C2H6/c1-4-8-18(5-2)9-6-7-10-19-11-13-20(14-12-19)15-16-21(3,22)17-26-27(23,24)25;1-2/h4-5,8,11-14H,6-7,9-10,15-17,22H2,1-3H3,(H2,23,24,25);1-2H3/b8-4-,18-5+;. The van der Waals surface area contributed by atoms with Crippen LogP contribution in [0.2, 0.25) is 0 Å². The monoisotopic (exact) mass is 425 g/mol. The molecule has 6 heteroatoms. The maximum atomic E-state index is 10.8. The van der Waals surface area contributed by atoms with Gasteiger partial charge in [-0.25, -0.2) is 4.57 Å². The third kappa shape index (κ3) is 14.4. The number of rotatable bonds is 12. The zero-order valence-corrected chi connectivity index (χ0v) is 19.6. The van der Waals surface area contributed by atoms with Crippen LogP contribution in [0.25, 0.3) is 0 Å². The summed E-state index contributed by atoms with van der Waals surface area (Å²) in [5.41, 5.74) is 9.16. The van der Waals surface area contributed by atoms with Gasteiger partial charge in [0.25, 0.3) is 0 Å². The molecule has 0 aromatic heterocycles. The summed E-state index contributed by atoms with van der Waals surface area (Å²) in [5.74, 6) is 0. The number of benzene rings is 1. The van der Waals surface area contributed by atoms with Gasteiger partial charge in [-0.05, 0) is 70.4 Å². The van der Waals surface area contributed by atoms with E-state index in [0.29, 0.717) is 6.42 Å². The summed E-state index contributed by atoms with van der Waals surface area (Å²) in [7, 11) is -4.48. The van der Waals surface area contributed by atoms with Gasteiger partial charge in [-0.15, -0.1) is 0 Å². The number of unbranched alkanes of at least 4 members (excludes halogenated alkanes) is 1. The van der Waals surface area contributed by atoms with Crippen LogP contribution in [-0.2, 0) is 21.9 Å². The molecule has 0 bridgehead atoms. The van der Waals surface area contributed by atoms with Crippen LogP contribution in [0.1, 0.15) is 71.4 Å². The number of hydrogen-bond donors (Lipinski definition) is 3. The summed E-state index contributed by atoms with van der Waals surface area (Å²) < 4.78 is 15.3. The molecule has 1 unspecified atom stereocenters. The lowest BCUT2D eigenvalue weighted by molar-refractivity contribution is 0.154. The van der Waals surface area contributed by atoms with Gasteiger partial charge in [0.15, 0.2) is 0 Å². The molecule has 0 fully saturated rings. The second-order valence-corrected chi connectivity index (χ2v) is 8.54. The molecule has 1 atom stereocenters. The van der Waals surface area contributed by atoms with Crippen molar-refractivity contribution in [3.05, 3.63) is 59.2 Å². The van der Waals surface area contributed by atoms with Crippen molar-refractivity contribution in [3.63, 3.8) is 0 Å². The van der Waals surface area contributed by atoms with Crippen molar-refractivity contribution in [2.24, 2.45) is 5.73 Å². The number of phosphoric acid groups is 1. The van der Waals surface area contributed by atoms with E-state index in [9.17, 15) is 4.57 Å². The zero-order valence-electron chi connectivity index (χ0n) is 18.7. The minimum absolute atomic E-state index is 0.170. The molecule has 0 spiro atoms. The normalized spacial score (nSPS) is 14.4. The Morgan fingerprint density at radius 1 is 1.10 bits per heavy atom. The van der Waals surface area contributed by atoms with E-state index in [0.717, 1.165) is 31.2 Å². The molecule has 1 aromatic rings. The van der Waals surface area contributed by atoms with Crippen molar-refractivity contribution in [2.45, 2.75) is 78.7 Å². The summed E-state index contributed by atoms with van der Waals surface area (Å²) in [4.78, 5) is 17.6. The molecule has 5 nitrogen and oxygen atoms in total. The first-order valence-corrected chi connectivity index (χ1v) is 12.0. The lowest BCUT2D eigenvalue weighted by Crippen LogP contribution is -2.41. The Hall–Kier alpha value is -1.23. The van der Waals surface area contributed by atoms with Gasteiger partial charge in [0.2, 0.25) is 0 Å². The van der Waals surface area contributed by atoms with E-state index >= 15 is 0 Å². The summed E-state index contributed by atoms with van der Waals surface area (Å²) in [6, 6.07) is 8.51. The second-order valence-electron chi connectivity index (χ2n) is 7.31. The molecule has 1 rings (SSSR count). The summed E-state index contributed by atoms with van der Waals surface area (Å²) >= 11 is 0. The van der Waals surface area contributed by atoms with E-state index in [4.69, 9.17) is 15.5 Å². The van der Waals surface area contributed by atoms with Crippen LogP contribution in [-0.4, -0.2) is 21.9 Å². The van der Waals surface area contributed by atoms with E-state index in [1.807, 2.05) is 20.8 Å². The fraction of sp³-hybridized carbons (Fsp3) is 0.565. The molecule has 0 radical (unpaired) electrons. The molecular weight excluding hydrogens is 385 g/mol. The van der Waals surface area contributed by atoms with E-state index in [2.05, 4.69) is 53.9 Å². The highest BCUT2D eigenvalue weighted by Crippen LogP contribution is 2.36. The quantitative estimate of drug-likeness (QED) is 0.227. The van der Waals surface area contributed by atoms with Crippen LogP contribution in [0, 0.1) is 0 Å². The fourth-order valence-electron chi connectivity index (χ4n) is 2.80. The van der Waals surface area contributed by atoms with E-state index in [-0.39, 0.29) is 6.61 Å². The Kier molecular flexibility index (Phi) is 14.1. The number of hydrogen-bond acceptors (Lipinski definition) is 3. The number of nitrogens with two attached hydrogens (primary N) is 1. The van der Waals surface area contributed by atoms with Gasteiger partial charge < -0.3 is 15.5 Å². The average Bonchev–Trinajstić information content (AvgIpc) is 2.69. The van der Waals surface area contributed by atoms with Gasteiger partial charge in [-0.2, -0.15) is 0 Å². The molecule has 166 valence electrons. The molecule has 1 aromatic carbocycles. The van der Waals surface area contributed by atoms with Gasteiger partial charge >= 0.3 is 7.82 Å². The Morgan fingerprint density at radius 3 is 2.14 bits per heavy atom. The fourth-order valence-corrected chi connectivity index (χ4v) is 3.27. The topological polar surface area (TPSA) is 92.8 Å². The molecule has 0 heterocycles. The highest BCUT2D eigenvalue weighted by atomic mass is 31.2. The maximum Gasteiger partial charge on any atom is 0.469 e. The van der Waals surface area contributed by atoms with E-state index < -0.39 is 13.4 Å². The molecular formula is C23H40NO4P.